The first-order valence-electron chi connectivity index (χ1n) is 6.75. The Morgan fingerprint density at radius 2 is 2.42 bits per heavy atom. The number of rotatable bonds is 5. The van der Waals surface area contributed by atoms with Crippen molar-refractivity contribution in [2.75, 3.05) is 6.54 Å². The van der Waals surface area contributed by atoms with Crippen LogP contribution in [0.5, 0.6) is 0 Å². The van der Waals surface area contributed by atoms with E-state index in [-0.39, 0.29) is 6.04 Å². The van der Waals surface area contributed by atoms with Crippen molar-refractivity contribution in [3.8, 4) is 0 Å². The Labute approximate surface area is 123 Å². The minimum Gasteiger partial charge on any atom is -0.480 e. The molecule has 0 amide bonds. The lowest BCUT2D eigenvalue weighted by Crippen LogP contribution is -2.51. The highest BCUT2D eigenvalue weighted by atomic mass is 35.5. The molecule has 2 atom stereocenters. The highest BCUT2D eigenvalue weighted by Crippen LogP contribution is 2.41. The number of halogens is 1. The van der Waals surface area contributed by atoms with Gasteiger partial charge < -0.3 is 5.11 Å². The van der Waals surface area contributed by atoms with Crippen molar-refractivity contribution in [1.29, 1.82) is 0 Å². The fraction of sp³-hybridized carbons (Fsp3) is 0.643. The largest absolute Gasteiger partial charge is 0.480 e. The molecule has 2 unspecified atom stereocenters. The van der Waals surface area contributed by atoms with Gasteiger partial charge in [0.1, 0.15) is 5.54 Å². The lowest BCUT2D eigenvalue weighted by molar-refractivity contribution is -0.151. The molecule has 19 heavy (non-hydrogen) atoms. The molecular weight excluding hydrogens is 282 g/mol. The Kier molecular flexibility index (Phi) is 4.54. The average molecular weight is 302 g/mol. The van der Waals surface area contributed by atoms with Gasteiger partial charge in [0.15, 0.2) is 0 Å². The summed E-state index contributed by atoms with van der Waals surface area (Å²) in [6.45, 7) is 4.98. The van der Waals surface area contributed by atoms with Crippen molar-refractivity contribution in [3.63, 3.8) is 0 Å². The van der Waals surface area contributed by atoms with Crippen LogP contribution in [0.3, 0.4) is 0 Å². The Morgan fingerprint density at radius 3 is 2.95 bits per heavy atom. The van der Waals surface area contributed by atoms with Crippen LogP contribution in [0.1, 0.15) is 51.1 Å². The summed E-state index contributed by atoms with van der Waals surface area (Å²) in [5.74, 6) is -0.681. The molecule has 0 spiro atoms. The van der Waals surface area contributed by atoms with Gasteiger partial charge >= 0.3 is 5.97 Å². The first-order valence-corrected chi connectivity index (χ1v) is 8.01. The lowest BCUT2D eigenvalue weighted by Gasteiger charge is -2.38. The molecule has 1 N–H and O–H groups in total. The number of hydrogen-bond donors (Lipinski definition) is 1. The molecule has 5 heteroatoms. The molecule has 2 heterocycles. The van der Waals surface area contributed by atoms with E-state index >= 15 is 0 Å². The summed E-state index contributed by atoms with van der Waals surface area (Å²) in [7, 11) is 0. The third kappa shape index (κ3) is 2.67. The highest BCUT2D eigenvalue weighted by Gasteiger charge is 2.48. The zero-order valence-corrected chi connectivity index (χ0v) is 12.9. The van der Waals surface area contributed by atoms with Crippen LogP contribution >= 0.6 is 22.9 Å². The zero-order valence-electron chi connectivity index (χ0n) is 11.4. The molecule has 0 bridgehead atoms. The van der Waals surface area contributed by atoms with E-state index in [4.69, 9.17) is 11.6 Å². The molecule has 1 saturated heterocycles. The second-order valence-electron chi connectivity index (χ2n) is 5.24. The second-order valence-corrected chi connectivity index (χ2v) is 6.79. The SMILES string of the molecule is CCCC1(C(=O)O)CCCN1C(C)c1csc(Cl)c1. The van der Waals surface area contributed by atoms with Crippen molar-refractivity contribution < 1.29 is 9.90 Å². The van der Waals surface area contributed by atoms with Crippen molar-refractivity contribution in [2.45, 2.75) is 51.1 Å². The van der Waals surface area contributed by atoms with Gasteiger partial charge in [0.2, 0.25) is 0 Å². The molecule has 3 nitrogen and oxygen atoms in total. The number of nitrogens with zero attached hydrogens (tertiary/aromatic N) is 1. The second kappa shape index (κ2) is 5.81. The van der Waals surface area contributed by atoms with Crippen LogP contribution in [-0.2, 0) is 4.79 Å². The van der Waals surface area contributed by atoms with E-state index in [1.54, 1.807) is 0 Å². The van der Waals surface area contributed by atoms with Crippen molar-refractivity contribution >= 4 is 28.9 Å². The summed E-state index contributed by atoms with van der Waals surface area (Å²) in [6.07, 6.45) is 3.30. The van der Waals surface area contributed by atoms with Crippen LogP contribution in [0.25, 0.3) is 0 Å². The summed E-state index contributed by atoms with van der Waals surface area (Å²) >= 11 is 7.49. The molecule has 1 aromatic rings. The van der Waals surface area contributed by atoms with Gasteiger partial charge in [-0.15, -0.1) is 11.3 Å². The number of aliphatic carboxylic acids is 1. The monoisotopic (exact) mass is 301 g/mol. The molecule has 1 aliphatic heterocycles. The maximum atomic E-state index is 11.8. The Balaban J connectivity index is 2.28. The summed E-state index contributed by atoms with van der Waals surface area (Å²) < 4.78 is 0.762. The van der Waals surface area contributed by atoms with E-state index in [1.165, 1.54) is 11.3 Å². The van der Waals surface area contributed by atoms with Crippen LogP contribution in [-0.4, -0.2) is 28.1 Å². The predicted octanol–water partition coefficient (Wildman–Crippen LogP) is 4.18. The van der Waals surface area contributed by atoms with Gasteiger partial charge in [-0.2, -0.15) is 0 Å². The Bertz CT molecular complexity index is 462. The van der Waals surface area contributed by atoms with Crippen LogP contribution in [0, 0.1) is 0 Å². The topological polar surface area (TPSA) is 40.5 Å². The number of carboxylic acids is 1. The molecule has 106 valence electrons. The smallest absolute Gasteiger partial charge is 0.324 e. The molecule has 0 saturated carbocycles. The number of carbonyl (C=O) groups is 1. The number of thiophene rings is 1. The molecule has 0 radical (unpaired) electrons. The highest BCUT2D eigenvalue weighted by molar-refractivity contribution is 7.14. The van der Waals surface area contributed by atoms with Crippen LogP contribution in [0.4, 0.5) is 0 Å². The minimum atomic E-state index is -0.692. The van der Waals surface area contributed by atoms with Gasteiger partial charge in [-0.1, -0.05) is 24.9 Å². The Morgan fingerprint density at radius 1 is 1.68 bits per heavy atom. The van der Waals surface area contributed by atoms with Gasteiger partial charge in [-0.25, -0.2) is 0 Å². The van der Waals surface area contributed by atoms with E-state index < -0.39 is 11.5 Å². The Hall–Kier alpha value is -0.580. The van der Waals surface area contributed by atoms with Crippen molar-refractivity contribution in [3.05, 3.63) is 21.3 Å². The standard InChI is InChI=1S/C14H20ClNO2S/c1-3-5-14(13(17)18)6-4-7-16(14)10(2)11-8-12(15)19-9-11/h8-10H,3-7H2,1-2H3,(H,17,18). The van der Waals surface area contributed by atoms with Gasteiger partial charge in [-0.05, 0) is 49.7 Å². The average Bonchev–Trinajstić information content (AvgIpc) is 2.96. The summed E-state index contributed by atoms with van der Waals surface area (Å²) in [6, 6.07) is 2.06. The van der Waals surface area contributed by atoms with Crippen LogP contribution in [0.15, 0.2) is 11.4 Å². The van der Waals surface area contributed by atoms with Gasteiger partial charge in [0, 0.05) is 6.04 Å². The first kappa shape index (κ1) is 14.8. The predicted molar refractivity (Wildman–Crippen MR) is 79.0 cm³/mol. The van der Waals surface area contributed by atoms with Gasteiger partial charge in [-0.3, -0.25) is 9.69 Å². The maximum absolute atomic E-state index is 11.8. The molecule has 1 aliphatic rings. The third-order valence-electron chi connectivity index (χ3n) is 4.14. The third-order valence-corrected chi connectivity index (χ3v) is 5.25. The summed E-state index contributed by atoms with van der Waals surface area (Å²) in [5.41, 5.74) is 0.432. The molecule has 0 aliphatic carbocycles. The van der Waals surface area contributed by atoms with Crippen molar-refractivity contribution in [2.24, 2.45) is 0 Å². The van der Waals surface area contributed by atoms with Gasteiger partial charge in [0.05, 0.1) is 4.34 Å². The molecule has 2 rings (SSSR count). The van der Waals surface area contributed by atoms with Crippen LogP contribution in [0.2, 0.25) is 4.34 Å². The molecule has 1 fully saturated rings. The zero-order chi connectivity index (χ0) is 14.0. The summed E-state index contributed by atoms with van der Waals surface area (Å²) in [4.78, 5) is 13.9. The van der Waals surface area contributed by atoms with Crippen molar-refractivity contribution in [1.82, 2.24) is 4.90 Å². The summed E-state index contributed by atoms with van der Waals surface area (Å²) in [5, 5.41) is 11.7. The van der Waals surface area contributed by atoms with Gasteiger partial charge in [0.25, 0.3) is 0 Å². The quantitative estimate of drug-likeness (QED) is 0.887. The van der Waals surface area contributed by atoms with E-state index in [0.717, 1.165) is 35.7 Å². The first-order chi connectivity index (χ1) is 9.01. The maximum Gasteiger partial charge on any atom is 0.324 e. The number of likely N-dealkylation sites (tertiary alicyclic amines) is 1. The number of carboxylic acid groups (broad SMARTS) is 1. The molecule has 1 aromatic heterocycles. The van der Waals surface area contributed by atoms with Crippen LogP contribution < -0.4 is 0 Å². The normalized spacial score (nSPS) is 25.6. The van der Waals surface area contributed by atoms with E-state index in [2.05, 4.69) is 11.8 Å². The lowest BCUT2D eigenvalue weighted by atomic mass is 9.89. The van der Waals surface area contributed by atoms with E-state index in [9.17, 15) is 9.90 Å². The molecular formula is C14H20ClNO2S. The minimum absolute atomic E-state index is 0.105. The molecule has 0 aromatic carbocycles. The fourth-order valence-electron chi connectivity index (χ4n) is 3.21. The van der Waals surface area contributed by atoms with E-state index in [0.29, 0.717) is 6.42 Å². The van der Waals surface area contributed by atoms with E-state index in [1.807, 2.05) is 18.4 Å². The fourth-order valence-corrected chi connectivity index (χ4v) is 4.18. The number of hydrogen-bond acceptors (Lipinski definition) is 3.